The first-order chi connectivity index (χ1) is 5.16. The molecule has 0 saturated carbocycles. The smallest absolute Gasteiger partial charge is 0.0830 e. The summed E-state index contributed by atoms with van der Waals surface area (Å²) in [6.45, 7) is 4.04. The van der Waals surface area contributed by atoms with E-state index in [2.05, 4.69) is 10.0 Å². The molecule has 0 bridgehead atoms. The summed E-state index contributed by atoms with van der Waals surface area (Å²) < 4.78 is 5.07. The highest BCUT2D eigenvalue weighted by atomic mass is 16.5. The average Bonchev–Trinajstić information content (AvgIpc) is 1.97. The lowest BCUT2D eigenvalue weighted by atomic mass is 10.4. The Labute approximate surface area is 65.6 Å². The summed E-state index contributed by atoms with van der Waals surface area (Å²) in [5, 5.41) is 12.2. The molecule has 0 radical (unpaired) electrons. The Morgan fingerprint density at radius 2 is 2.27 bits per heavy atom. The number of rotatable bonds is 5. The van der Waals surface area contributed by atoms with E-state index in [0.29, 0.717) is 0 Å². The maximum absolute atomic E-state index is 9.04. The second-order valence-corrected chi connectivity index (χ2v) is 2.45. The van der Waals surface area contributed by atoms with Crippen LogP contribution in [0.4, 0.5) is 0 Å². The molecular weight excluding hydrogens is 146 g/mol. The minimum Gasteiger partial charge on any atom is -0.391 e. The quantitative estimate of drug-likeness (QED) is 0.370. The van der Waals surface area contributed by atoms with E-state index in [1.165, 1.54) is 0 Å². The van der Waals surface area contributed by atoms with Crippen LogP contribution in [0.3, 0.4) is 0 Å². The van der Waals surface area contributed by atoms with Gasteiger partial charge in [-0.25, -0.2) is 0 Å². The summed E-state index contributed by atoms with van der Waals surface area (Å²) in [6.07, 6.45) is -0.594. The van der Waals surface area contributed by atoms with E-state index in [0.717, 1.165) is 0 Å². The molecule has 11 heavy (non-hydrogen) atoms. The predicted molar refractivity (Wildman–Crippen MR) is 41.1 cm³/mol. The Kier molecular flexibility index (Phi) is 5.56. The molecule has 1 atom stereocenters. The van der Waals surface area contributed by atoms with Gasteiger partial charge in [-0.1, -0.05) is 5.11 Å². The largest absolute Gasteiger partial charge is 0.391 e. The van der Waals surface area contributed by atoms with Crippen molar-refractivity contribution in [3.05, 3.63) is 10.4 Å². The Morgan fingerprint density at radius 3 is 2.73 bits per heavy atom. The Morgan fingerprint density at radius 1 is 1.64 bits per heavy atom. The molecule has 0 aromatic carbocycles. The predicted octanol–water partition coefficient (Wildman–Crippen LogP) is 1.08. The zero-order valence-corrected chi connectivity index (χ0v) is 6.77. The topological polar surface area (TPSA) is 78.2 Å². The van der Waals surface area contributed by atoms with Crippen LogP contribution >= 0.6 is 0 Å². The zero-order chi connectivity index (χ0) is 8.69. The van der Waals surface area contributed by atoms with Crippen LogP contribution in [0.25, 0.3) is 10.4 Å². The van der Waals surface area contributed by atoms with Gasteiger partial charge < -0.3 is 9.84 Å². The molecule has 0 saturated heterocycles. The van der Waals surface area contributed by atoms with E-state index in [1.807, 2.05) is 13.8 Å². The van der Waals surface area contributed by atoms with Crippen molar-refractivity contribution in [1.82, 2.24) is 0 Å². The highest BCUT2D eigenvalue weighted by Gasteiger charge is 2.02. The summed E-state index contributed by atoms with van der Waals surface area (Å²) in [4.78, 5) is 2.51. The van der Waals surface area contributed by atoms with Gasteiger partial charge in [0.15, 0.2) is 0 Å². The lowest BCUT2D eigenvalue weighted by molar-refractivity contribution is 0.00967. The fourth-order valence-corrected chi connectivity index (χ4v) is 0.487. The van der Waals surface area contributed by atoms with Crippen molar-refractivity contribution in [3.8, 4) is 0 Å². The van der Waals surface area contributed by atoms with Crippen molar-refractivity contribution in [1.29, 1.82) is 0 Å². The van der Waals surface area contributed by atoms with Crippen molar-refractivity contribution >= 4 is 0 Å². The van der Waals surface area contributed by atoms with Crippen molar-refractivity contribution in [2.45, 2.75) is 26.1 Å². The van der Waals surface area contributed by atoms with Crippen LogP contribution in [0.15, 0.2) is 5.11 Å². The lowest BCUT2D eigenvalue weighted by Gasteiger charge is -2.10. The lowest BCUT2D eigenvalue weighted by Crippen LogP contribution is -2.20. The second kappa shape index (κ2) is 5.97. The van der Waals surface area contributed by atoms with Gasteiger partial charge >= 0.3 is 0 Å². The Balaban J connectivity index is 3.36. The first-order valence-electron chi connectivity index (χ1n) is 3.47. The Bertz CT molecular complexity index is 143. The van der Waals surface area contributed by atoms with Crippen LogP contribution < -0.4 is 0 Å². The average molecular weight is 159 g/mol. The molecule has 5 nitrogen and oxygen atoms in total. The molecule has 0 amide bonds. The third-order valence-corrected chi connectivity index (χ3v) is 0.978. The monoisotopic (exact) mass is 159 g/mol. The molecule has 0 aliphatic rings. The van der Waals surface area contributed by atoms with Crippen molar-refractivity contribution in [2.75, 3.05) is 13.2 Å². The van der Waals surface area contributed by atoms with E-state index >= 15 is 0 Å². The number of nitrogens with zero attached hydrogens (tertiary/aromatic N) is 3. The summed E-state index contributed by atoms with van der Waals surface area (Å²) >= 11 is 0. The minimum absolute atomic E-state index is 0.0726. The molecule has 64 valence electrons. The number of hydrogen-bond donors (Lipinski definition) is 1. The first-order valence-corrected chi connectivity index (χ1v) is 3.47. The molecule has 0 aromatic heterocycles. The summed E-state index contributed by atoms with van der Waals surface area (Å²) in [5.74, 6) is 0. The second-order valence-electron chi connectivity index (χ2n) is 2.45. The van der Waals surface area contributed by atoms with Crippen LogP contribution in [0.1, 0.15) is 13.8 Å². The highest BCUT2D eigenvalue weighted by Crippen LogP contribution is 1.92. The van der Waals surface area contributed by atoms with E-state index < -0.39 is 6.10 Å². The fourth-order valence-electron chi connectivity index (χ4n) is 0.487. The van der Waals surface area contributed by atoms with Crippen LogP contribution in [0, 0.1) is 0 Å². The molecule has 0 aliphatic carbocycles. The first kappa shape index (κ1) is 10.2. The van der Waals surface area contributed by atoms with E-state index in [9.17, 15) is 0 Å². The van der Waals surface area contributed by atoms with Gasteiger partial charge in [0, 0.05) is 4.91 Å². The zero-order valence-electron chi connectivity index (χ0n) is 6.77. The molecule has 0 rings (SSSR count). The van der Waals surface area contributed by atoms with Crippen LogP contribution in [-0.2, 0) is 4.74 Å². The molecule has 0 fully saturated rings. The van der Waals surface area contributed by atoms with E-state index in [4.69, 9.17) is 15.4 Å². The van der Waals surface area contributed by atoms with Gasteiger partial charge in [-0.05, 0) is 19.4 Å². The van der Waals surface area contributed by atoms with Gasteiger partial charge in [0.25, 0.3) is 0 Å². The molecule has 0 spiro atoms. The highest BCUT2D eigenvalue weighted by molar-refractivity contribution is 4.58. The van der Waals surface area contributed by atoms with Crippen LogP contribution in [-0.4, -0.2) is 30.5 Å². The molecule has 5 heteroatoms. The maximum atomic E-state index is 9.04. The number of aliphatic hydroxyl groups excluding tert-OH is 1. The molecule has 0 aromatic rings. The summed E-state index contributed by atoms with van der Waals surface area (Å²) in [6, 6.07) is 0. The molecular formula is C6H13N3O2. The number of azide groups is 1. The molecule has 0 heterocycles. The normalized spacial score (nSPS) is 12.7. The summed E-state index contributed by atoms with van der Waals surface area (Å²) in [5.41, 5.74) is 7.90. The SMILES string of the molecule is CC(C)OC[C@H](O)CN=[N+]=[N-]. The van der Waals surface area contributed by atoms with Gasteiger partial charge in [-0.15, -0.1) is 0 Å². The van der Waals surface area contributed by atoms with Crippen molar-refractivity contribution in [3.63, 3.8) is 0 Å². The van der Waals surface area contributed by atoms with Crippen molar-refractivity contribution in [2.24, 2.45) is 5.11 Å². The molecule has 1 N–H and O–H groups in total. The van der Waals surface area contributed by atoms with Gasteiger partial charge in [-0.2, -0.15) is 0 Å². The van der Waals surface area contributed by atoms with Gasteiger partial charge in [0.1, 0.15) is 0 Å². The van der Waals surface area contributed by atoms with E-state index in [-0.39, 0.29) is 19.3 Å². The van der Waals surface area contributed by atoms with Gasteiger partial charge in [0.05, 0.1) is 25.4 Å². The molecule has 0 unspecified atom stereocenters. The maximum Gasteiger partial charge on any atom is 0.0830 e. The summed E-state index contributed by atoms with van der Waals surface area (Å²) in [7, 11) is 0. The van der Waals surface area contributed by atoms with Crippen LogP contribution in [0.2, 0.25) is 0 Å². The minimum atomic E-state index is -0.687. The Hall–Kier alpha value is -0.770. The fraction of sp³-hybridized carbons (Fsp3) is 1.00. The third kappa shape index (κ3) is 7.12. The van der Waals surface area contributed by atoms with Gasteiger partial charge in [0.2, 0.25) is 0 Å². The van der Waals surface area contributed by atoms with Gasteiger partial charge in [-0.3, -0.25) is 0 Å². The third-order valence-electron chi connectivity index (χ3n) is 0.978. The number of ether oxygens (including phenoxy) is 1. The van der Waals surface area contributed by atoms with Crippen molar-refractivity contribution < 1.29 is 9.84 Å². The standard InChI is InChI=1S/C6H13N3O2/c1-5(2)11-4-6(10)3-8-9-7/h5-6,10H,3-4H2,1-2H3/t6-/m1/s1. The molecule has 0 aliphatic heterocycles. The number of aliphatic hydroxyl groups is 1. The van der Waals surface area contributed by atoms with Crippen LogP contribution in [0.5, 0.6) is 0 Å². The number of hydrogen-bond acceptors (Lipinski definition) is 3. The van der Waals surface area contributed by atoms with E-state index in [1.54, 1.807) is 0 Å².